The van der Waals surface area contributed by atoms with E-state index in [1.165, 1.54) is 83.6 Å². The summed E-state index contributed by atoms with van der Waals surface area (Å²) in [5.74, 6) is 0.956. The van der Waals surface area contributed by atoms with E-state index in [1.807, 2.05) is 0 Å². The van der Waals surface area contributed by atoms with Gasteiger partial charge in [-0.15, -0.1) is 0 Å². The Hall–Kier alpha value is -0.0400. The van der Waals surface area contributed by atoms with E-state index in [0.29, 0.717) is 5.41 Å². The average molecular weight is 265 g/mol. The molecule has 1 N–H and O–H groups in total. The van der Waals surface area contributed by atoms with Crippen molar-refractivity contribution in [3.8, 4) is 0 Å². The molecule has 1 atom stereocenters. The van der Waals surface area contributed by atoms with Crippen LogP contribution in [0.15, 0.2) is 0 Å². The second-order valence-electron chi connectivity index (χ2n) is 7.40. The third-order valence-electron chi connectivity index (χ3n) is 5.73. The molecular formula is C18H35N. The van der Waals surface area contributed by atoms with Gasteiger partial charge in [-0.2, -0.15) is 0 Å². The van der Waals surface area contributed by atoms with Gasteiger partial charge in [-0.1, -0.05) is 58.8 Å². The van der Waals surface area contributed by atoms with Gasteiger partial charge in [0.1, 0.15) is 0 Å². The summed E-state index contributed by atoms with van der Waals surface area (Å²) < 4.78 is 0. The molecule has 112 valence electrons. The maximum absolute atomic E-state index is 3.98. The third kappa shape index (κ3) is 4.21. The molecule has 0 spiro atoms. The SMILES string of the molecule is CCCNC(C1CCCCCC1)C1(C)CCCCC1. The molecule has 2 saturated carbocycles. The summed E-state index contributed by atoms with van der Waals surface area (Å²) in [7, 11) is 0. The molecular weight excluding hydrogens is 230 g/mol. The molecule has 2 rings (SSSR count). The third-order valence-corrected chi connectivity index (χ3v) is 5.73. The lowest BCUT2D eigenvalue weighted by Crippen LogP contribution is -2.49. The molecule has 0 aromatic carbocycles. The monoisotopic (exact) mass is 265 g/mol. The first kappa shape index (κ1) is 15.4. The van der Waals surface area contributed by atoms with Crippen LogP contribution in [0.1, 0.15) is 90.9 Å². The second kappa shape index (κ2) is 7.67. The van der Waals surface area contributed by atoms with E-state index in [0.717, 1.165) is 12.0 Å². The van der Waals surface area contributed by atoms with Gasteiger partial charge in [-0.05, 0) is 50.0 Å². The van der Waals surface area contributed by atoms with Gasteiger partial charge in [-0.3, -0.25) is 0 Å². The van der Waals surface area contributed by atoms with Crippen LogP contribution in [-0.2, 0) is 0 Å². The predicted octanol–water partition coefficient (Wildman–Crippen LogP) is 5.30. The fourth-order valence-electron chi connectivity index (χ4n) is 4.60. The molecule has 1 heteroatoms. The van der Waals surface area contributed by atoms with Crippen LogP contribution < -0.4 is 5.32 Å². The molecule has 1 unspecified atom stereocenters. The van der Waals surface area contributed by atoms with Crippen molar-refractivity contribution in [1.82, 2.24) is 5.32 Å². The zero-order chi connectivity index (χ0) is 13.6. The van der Waals surface area contributed by atoms with Crippen LogP contribution in [0.4, 0.5) is 0 Å². The van der Waals surface area contributed by atoms with E-state index >= 15 is 0 Å². The minimum Gasteiger partial charge on any atom is -0.313 e. The molecule has 2 fully saturated rings. The lowest BCUT2D eigenvalue weighted by Gasteiger charge is -2.45. The summed E-state index contributed by atoms with van der Waals surface area (Å²) in [6.45, 7) is 6.11. The zero-order valence-corrected chi connectivity index (χ0v) is 13.3. The Morgan fingerprint density at radius 1 is 0.947 bits per heavy atom. The van der Waals surface area contributed by atoms with Crippen molar-refractivity contribution in [3.63, 3.8) is 0 Å². The maximum Gasteiger partial charge on any atom is 0.0149 e. The molecule has 0 amide bonds. The number of nitrogens with one attached hydrogen (secondary N) is 1. The lowest BCUT2D eigenvalue weighted by molar-refractivity contribution is 0.0952. The van der Waals surface area contributed by atoms with Gasteiger partial charge in [0.05, 0.1) is 0 Å². The Kier molecular flexibility index (Phi) is 6.19. The standard InChI is InChI=1S/C18H35N/c1-3-15-19-17(16-11-7-4-5-8-12-16)18(2)13-9-6-10-14-18/h16-17,19H,3-15H2,1-2H3. The van der Waals surface area contributed by atoms with Crippen molar-refractivity contribution in [2.45, 2.75) is 96.9 Å². The van der Waals surface area contributed by atoms with Crippen LogP contribution in [-0.4, -0.2) is 12.6 Å². The van der Waals surface area contributed by atoms with E-state index in [-0.39, 0.29) is 0 Å². The van der Waals surface area contributed by atoms with Crippen LogP contribution in [0.5, 0.6) is 0 Å². The van der Waals surface area contributed by atoms with Crippen molar-refractivity contribution >= 4 is 0 Å². The fourth-order valence-corrected chi connectivity index (χ4v) is 4.60. The average Bonchev–Trinajstić information content (AvgIpc) is 2.69. The van der Waals surface area contributed by atoms with E-state index in [2.05, 4.69) is 19.2 Å². The molecule has 2 aliphatic rings. The van der Waals surface area contributed by atoms with Crippen LogP contribution >= 0.6 is 0 Å². The molecule has 2 aliphatic carbocycles. The molecule has 0 aliphatic heterocycles. The van der Waals surface area contributed by atoms with Crippen LogP contribution in [0.2, 0.25) is 0 Å². The summed E-state index contributed by atoms with van der Waals surface area (Å²) in [5, 5.41) is 3.98. The van der Waals surface area contributed by atoms with Crippen molar-refractivity contribution in [1.29, 1.82) is 0 Å². The normalized spacial score (nSPS) is 26.8. The van der Waals surface area contributed by atoms with Crippen molar-refractivity contribution in [2.75, 3.05) is 6.54 Å². The zero-order valence-electron chi connectivity index (χ0n) is 13.3. The predicted molar refractivity (Wildman–Crippen MR) is 84.5 cm³/mol. The quantitative estimate of drug-likeness (QED) is 0.665. The largest absolute Gasteiger partial charge is 0.313 e. The minimum atomic E-state index is 0.586. The van der Waals surface area contributed by atoms with Gasteiger partial charge in [0.15, 0.2) is 0 Å². The highest BCUT2D eigenvalue weighted by atomic mass is 14.9. The van der Waals surface area contributed by atoms with Crippen molar-refractivity contribution in [3.05, 3.63) is 0 Å². The maximum atomic E-state index is 3.98. The smallest absolute Gasteiger partial charge is 0.0149 e. The topological polar surface area (TPSA) is 12.0 Å². The summed E-state index contributed by atoms with van der Waals surface area (Å²) in [6.07, 6.45) is 17.5. The van der Waals surface area contributed by atoms with Crippen molar-refractivity contribution in [2.24, 2.45) is 11.3 Å². The van der Waals surface area contributed by atoms with Gasteiger partial charge < -0.3 is 5.32 Å². The lowest BCUT2D eigenvalue weighted by atomic mass is 9.65. The van der Waals surface area contributed by atoms with Gasteiger partial charge in [0, 0.05) is 6.04 Å². The van der Waals surface area contributed by atoms with E-state index in [9.17, 15) is 0 Å². The van der Waals surface area contributed by atoms with E-state index < -0.39 is 0 Å². The molecule has 19 heavy (non-hydrogen) atoms. The summed E-state index contributed by atoms with van der Waals surface area (Å²) in [5.41, 5.74) is 0.586. The molecule has 0 aromatic heterocycles. The number of hydrogen-bond donors (Lipinski definition) is 1. The molecule has 0 bridgehead atoms. The van der Waals surface area contributed by atoms with Gasteiger partial charge in [0.25, 0.3) is 0 Å². The Labute approximate surface area is 120 Å². The van der Waals surface area contributed by atoms with Crippen LogP contribution in [0.25, 0.3) is 0 Å². The Bertz CT molecular complexity index is 234. The first-order valence-electron chi connectivity index (χ1n) is 8.99. The van der Waals surface area contributed by atoms with Gasteiger partial charge >= 0.3 is 0 Å². The van der Waals surface area contributed by atoms with Crippen LogP contribution in [0.3, 0.4) is 0 Å². The highest BCUT2D eigenvalue weighted by Crippen LogP contribution is 2.43. The summed E-state index contributed by atoms with van der Waals surface area (Å²) in [6, 6.07) is 0.797. The Balaban J connectivity index is 2.04. The molecule has 0 aromatic rings. The molecule has 0 radical (unpaired) electrons. The Morgan fingerprint density at radius 2 is 1.53 bits per heavy atom. The van der Waals surface area contributed by atoms with Crippen LogP contribution in [0, 0.1) is 11.3 Å². The fraction of sp³-hybridized carbons (Fsp3) is 1.00. The molecule has 0 saturated heterocycles. The highest BCUT2D eigenvalue weighted by Gasteiger charge is 2.39. The van der Waals surface area contributed by atoms with Gasteiger partial charge in [0.2, 0.25) is 0 Å². The number of hydrogen-bond acceptors (Lipinski definition) is 1. The molecule has 1 nitrogen and oxygen atoms in total. The second-order valence-corrected chi connectivity index (χ2v) is 7.40. The summed E-state index contributed by atoms with van der Waals surface area (Å²) in [4.78, 5) is 0. The van der Waals surface area contributed by atoms with Crippen molar-refractivity contribution < 1.29 is 0 Å². The first-order chi connectivity index (χ1) is 9.26. The Morgan fingerprint density at radius 3 is 2.11 bits per heavy atom. The van der Waals surface area contributed by atoms with E-state index in [1.54, 1.807) is 0 Å². The first-order valence-corrected chi connectivity index (χ1v) is 8.99. The molecule has 0 heterocycles. The van der Waals surface area contributed by atoms with Gasteiger partial charge in [-0.25, -0.2) is 0 Å². The highest BCUT2D eigenvalue weighted by molar-refractivity contribution is 4.94. The minimum absolute atomic E-state index is 0.586. The van der Waals surface area contributed by atoms with E-state index in [4.69, 9.17) is 0 Å². The summed E-state index contributed by atoms with van der Waals surface area (Å²) >= 11 is 0. The number of rotatable bonds is 5.